The highest BCUT2D eigenvalue weighted by molar-refractivity contribution is 7.98. The summed E-state index contributed by atoms with van der Waals surface area (Å²) in [4.78, 5) is 64.4. The second kappa shape index (κ2) is 16.4. The number of hydrogen-bond acceptors (Lipinski definition) is 9. The van der Waals surface area contributed by atoms with E-state index in [0.29, 0.717) is 42.9 Å². The first kappa shape index (κ1) is 30.8. The van der Waals surface area contributed by atoms with E-state index in [0.717, 1.165) is 0 Å². The van der Waals surface area contributed by atoms with Crippen LogP contribution in [0.25, 0.3) is 0 Å². The van der Waals surface area contributed by atoms with Crippen LogP contribution in [0, 0.1) is 0 Å². The second-order valence-corrected chi connectivity index (χ2v) is 9.74. The van der Waals surface area contributed by atoms with Crippen molar-refractivity contribution in [3.63, 3.8) is 0 Å². The molecular weight excluding hydrogens is 514 g/mol. The number of thioether (sulfide) groups is 1. The maximum absolute atomic E-state index is 13.3. The van der Waals surface area contributed by atoms with Crippen LogP contribution in [-0.2, 0) is 32.0 Å². The number of carboxylic acid groups (broad SMARTS) is 1. The third-order valence-electron chi connectivity index (χ3n) is 5.75. The zero-order valence-electron chi connectivity index (χ0n) is 21.3. The van der Waals surface area contributed by atoms with Gasteiger partial charge in [0.2, 0.25) is 17.7 Å². The number of nitrogens with two attached hydrogens (primary N) is 2. The molecule has 0 spiro atoms. The highest BCUT2D eigenvalue weighted by Crippen LogP contribution is 2.07. The van der Waals surface area contributed by atoms with Gasteiger partial charge in [0.1, 0.15) is 18.1 Å². The Balaban J connectivity index is 2.12. The van der Waals surface area contributed by atoms with Crippen LogP contribution in [0.1, 0.15) is 37.1 Å². The Morgan fingerprint density at radius 2 is 1.47 bits per heavy atom. The Morgan fingerprint density at radius 3 is 2.03 bits per heavy atom. The number of H-pyrrole nitrogens is 2. The lowest BCUT2D eigenvalue weighted by Crippen LogP contribution is -2.58. The minimum atomic E-state index is -1.18. The molecule has 0 aliphatic heterocycles. The van der Waals surface area contributed by atoms with Crippen LogP contribution in [0.4, 0.5) is 0 Å². The molecule has 0 aliphatic rings. The number of nitrogens with zero attached hydrogens (tertiary/aromatic N) is 2. The maximum atomic E-state index is 13.3. The molecule has 2 rings (SSSR count). The molecule has 38 heavy (non-hydrogen) atoms. The highest BCUT2D eigenvalue weighted by atomic mass is 32.2. The smallest absolute Gasteiger partial charge is 0.326 e. The van der Waals surface area contributed by atoms with Crippen LogP contribution in [0.15, 0.2) is 25.0 Å². The molecule has 0 bridgehead atoms. The fraction of sp³-hybridized carbons (Fsp3) is 0.565. The van der Waals surface area contributed by atoms with Gasteiger partial charge in [-0.05, 0) is 44.2 Å². The Kier molecular flexibility index (Phi) is 13.3. The molecule has 0 radical (unpaired) electrons. The Bertz CT molecular complexity index is 1000. The Morgan fingerprint density at radius 1 is 0.895 bits per heavy atom. The monoisotopic (exact) mass is 551 g/mol. The quantitative estimate of drug-likeness (QED) is 0.102. The molecule has 3 amide bonds. The molecule has 10 N–H and O–H groups in total. The summed E-state index contributed by atoms with van der Waals surface area (Å²) >= 11 is 1.49. The van der Waals surface area contributed by atoms with Gasteiger partial charge in [-0.25, -0.2) is 14.8 Å². The summed E-state index contributed by atoms with van der Waals surface area (Å²) in [6.45, 7) is 0.410. The van der Waals surface area contributed by atoms with E-state index in [2.05, 4.69) is 35.9 Å². The third-order valence-corrected chi connectivity index (χ3v) is 6.39. The summed E-state index contributed by atoms with van der Waals surface area (Å²) < 4.78 is 0. The number of hydrogen-bond donors (Lipinski definition) is 8. The Hall–Kier alpha value is -3.43. The molecule has 2 heterocycles. The van der Waals surface area contributed by atoms with E-state index in [9.17, 15) is 24.3 Å². The molecule has 0 aliphatic carbocycles. The first-order chi connectivity index (χ1) is 18.2. The lowest BCUT2D eigenvalue weighted by Gasteiger charge is -2.25. The predicted molar refractivity (Wildman–Crippen MR) is 142 cm³/mol. The topological polar surface area (TPSA) is 234 Å². The van der Waals surface area contributed by atoms with Gasteiger partial charge in [0.25, 0.3) is 0 Å². The number of imidazole rings is 2. The third kappa shape index (κ3) is 10.5. The Labute approximate surface area is 224 Å². The van der Waals surface area contributed by atoms with Gasteiger partial charge in [-0.3, -0.25) is 14.4 Å². The molecule has 0 fully saturated rings. The zero-order valence-corrected chi connectivity index (χ0v) is 22.1. The lowest BCUT2D eigenvalue weighted by molar-refractivity contribution is -0.142. The molecule has 0 saturated heterocycles. The van der Waals surface area contributed by atoms with E-state index in [-0.39, 0.29) is 19.3 Å². The van der Waals surface area contributed by atoms with Crippen molar-refractivity contribution < 1.29 is 24.3 Å². The fourth-order valence-electron chi connectivity index (χ4n) is 3.63. The van der Waals surface area contributed by atoms with Crippen molar-refractivity contribution in [3.05, 3.63) is 36.4 Å². The first-order valence-electron chi connectivity index (χ1n) is 12.3. The molecule has 4 unspecified atom stereocenters. The van der Waals surface area contributed by atoms with Gasteiger partial charge in [0.05, 0.1) is 18.7 Å². The summed E-state index contributed by atoms with van der Waals surface area (Å²) in [5.41, 5.74) is 12.7. The van der Waals surface area contributed by atoms with Crippen LogP contribution in [0.3, 0.4) is 0 Å². The summed E-state index contributed by atoms with van der Waals surface area (Å²) in [5.74, 6) is -2.40. The van der Waals surface area contributed by atoms with Gasteiger partial charge >= 0.3 is 5.97 Å². The number of rotatable bonds is 18. The molecule has 0 saturated carbocycles. The van der Waals surface area contributed by atoms with E-state index >= 15 is 0 Å². The summed E-state index contributed by atoms with van der Waals surface area (Å²) in [5, 5.41) is 17.4. The van der Waals surface area contributed by atoms with Gasteiger partial charge < -0.3 is 42.5 Å². The van der Waals surface area contributed by atoms with Crippen molar-refractivity contribution in [1.82, 2.24) is 35.9 Å². The van der Waals surface area contributed by atoms with E-state index in [4.69, 9.17) is 11.5 Å². The van der Waals surface area contributed by atoms with Crippen LogP contribution in [0.5, 0.6) is 0 Å². The van der Waals surface area contributed by atoms with Gasteiger partial charge in [-0.1, -0.05) is 0 Å². The van der Waals surface area contributed by atoms with E-state index in [1.54, 1.807) is 6.20 Å². The van der Waals surface area contributed by atoms with E-state index in [1.165, 1.54) is 30.6 Å². The van der Waals surface area contributed by atoms with Crippen molar-refractivity contribution in [2.24, 2.45) is 11.5 Å². The van der Waals surface area contributed by atoms with Crippen molar-refractivity contribution >= 4 is 35.5 Å². The number of carbonyl (C=O) groups is 4. The molecule has 15 heteroatoms. The van der Waals surface area contributed by atoms with Crippen LogP contribution < -0.4 is 27.4 Å². The molecule has 14 nitrogen and oxygen atoms in total. The number of aromatic amines is 2. The first-order valence-corrected chi connectivity index (χ1v) is 13.7. The number of amides is 3. The summed E-state index contributed by atoms with van der Waals surface area (Å²) in [7, 11) is 0. The standard InChI is InChI=1S/C23H37N9O5S/c1-38-7-5-17(30-20(33)16(25)8-14-10-26-12-28-14)21(34)32-19(9-15-11-27-13-29-15)22(35)31-18(23(36)37)4-2-3-6-24/h10-13,16-19H,2-9,24-25H2,1H3,(H,26,28)(H,27,29)(H,30,33)(H,31,35)(H,32,34)(H,36,37). The average Bonchev–Trinajstić information content (AvgIpc) is 3.59. The largest absolute Gasteiger partial charge is 0.480 e. The van der Waals surface area contributed by atoms with E-state index in [1.807, 2.05) is 6.26 Å². The molecule has 210 valence electrons. The second-order valence-electron chi connectivity index (χ2n) is 8.76. The molecule has 2 aromatic heterocycles. The van der Waals surface area contributed by atoms with Crippen LogP contribution in [-0.4, -0.2) is 91.5 Å². The molecule has 2 aromatic rings. The highest BCUT2D eigenvalue weighted by Gasteiger charge is 2.30. The van der Waals surface area contributed by atoms with Gasteiger partial charge in [0, 0.05) is 36.6 Å². The van der Waals surface area contributed by atoms with Gasteiger partial charge in [-0.2, -0.15) is 11.8 Å². The van der Waals surface area contributed by atoms with Crippen molar-refractivity contribution in [2.45, 2.75) is 62.7 Å². The number of carbonyl (C=O) groups excluding carboxylic acids is 3. The van der Waals surface area contributed by atoms with Crippen LogP contribution in [0.2, 0.25) is 0 Å². The molecule has 4 atom stereocenters. The minimum Gasteiger partial charge on any atom is -0.480 e. The lowest BCUT2D eigenvalue weighted by atomic mass is 10.1. The van der Waals surface area contributed by atoms with Gasteiger partial charge in [0.15, 0.2) is 0 Å². The summed E-state index contributed by atoms with van der Waals surface area (Å²) in [6.07, 6.45) is 9.71. The molecular formula is C23H37N9O5S. The summed E-state index contributed by atoms with van der Waals surface area (Å²) in [6, 6.07) is -4.14. The fourth-order valence-corrected chi connectivity index (χ4v) is 4.10. The SMILES string of the molecule is CSCCC(NC(=O)C(N)Cc1cnc[nH]1)C(=O)NC(Cc1cnc[nH]1)C(=O)NC(CCCCN)C(=O)O. The van der Waals surface area contributed by atoms with Crippen molar-refractivity contribution in [3.8, 4) is 0 Å². The number of carboxylic acids is 1. The molecule has 0 aromatic carbocycles. The normalized spacial score (nSPS) is 14.2. The van der Waals surface area contributed by atoms with Gasteiger partial charge in [-0.15, -0.1) is 0 Å². The number of nitrogens with one attached hydrogen (secondary N) is 5. The number of unbranched alkanes of at least 4 members (excludes halogenated alkanes) is 1. The van der Waals surface area contributed by atoms with Crippen LogP contribution >= 0.6 is 11.8 Å². The number of aromatic nitrogens is 4. The maximum Gasteiger partial charge on any atom is 0.326 e. The van der Waals surface area contributed by atoms with E-state index < -0.39 is 47.9 Å². The zero-order chi connectivity index (χ0) is 27.9. The number of aliphatic carboxylic acids is 1. The average molecular weight is 552 g/mol. The van der Waals surface area contributed by atoms with Crippen molar-refractivity contribution in [2.75, 3.05) is 18.6 Å². The minimum absolute atomic E-state index is 0.0369. The van der Waals surface area contributed by atoms with Crippen molar-refractivity contribution in [1.29, 1.82) is 0 Å². The predicted octanol–water partition coefficient (Wildman–Crippen LogP) is -1.33.